The Balaban J connectivity index is 2.46. The Morgan fingerprint density at radius 1 is 1.31 bits per heavy atom. The topological polar surface area (TPSA) is 17.8 Å². The van der Waals surface area contributed by atoms with E-state index >= 15 is 0 Å². The first kappa shape index (κ1) is 10.9. The Bertz CT molecular complexity index is 500. The van der Waals surface area contributed by atoms with Crippen molar-refractivity contribution >= 4 is 0 Å². The van der Waals surface area contributed by atoms with Gasteiger partial charge in [-0.15, -0.1) is 0 Å². The molecule has 84 valence electrons. The van der Waals surface area contributed by atoms with Gasteiger partial charge in [-0.3, -0.25) is 0 Å². The summed E-state index contributed by atoms with van der Waals surface area (Å²) in [4.78, 5) is 4.20. The Morgan fingerprint density at radius 3 is 2.56 bits per heavy atom. The molecule has 1 aromatic heterocycles. The van der Waals surface area contributed by atoms with Crippen molar-refractivity contribution in [3.05, 3.63) is 42.0 Å². The van der Waals surface area contributed by atoms with Gasteiger partial charge in [0, 0.05) is 25.0 Å². The molecule has 0 radical (unpaired) electrons. The van der Waals surface area contributed by atoms with Gasteiger partial charge in [0.25, 0.3) is 0 Å². The summed E-state index contributed by atoms with van der Waals surface area (Å²) < 4.78 is 15.7. The van der Waals surface area contributed by atoms with E-state index in [0.717, 1.165) is 17.0 Å². The molecule has 0 aliphatic carbocycles. The Hall–Kier alpha value is -1.64. The van der Waals surface area contributed by atoms with Crippen LogP contribution in [0.5, 0.6) is 0 Å². The van der Waals surface area contributed by atoms with Crippen molar-refractivity contribution in [2.75, 3.05) is 0 Å². The third-order valence-corrected chi connectivity index (χ3v) is 2.70. The molecule has 0 saturated heterocycles. The Morgan fingerprint density at radius 2 is 2.06 bits per heavy atom. The van der Waals surface area contributed by atoms with Crippen LogP contribution in [0.1, 0.15) is 25.3 Å². The van der Waals surface area contributed by atoms with Gasteiger partial charge in [0.15, 0.2) is 0 Å². The molecule has 0 fully saturated rings. The molecule has 3 heteroatoms. The molecule has 0 aliphatic heterocycles. The minimum atomic E-state index is -0.157. The molecular formula is C13H15FN2. The molecule has 0 saturated carbocycles. The number of hydrogen-bond acceptors (Lipinski definition) is 1. The van der Waals surface area contributed by atoms with Crippen molar-refractivity contribution < 1.29 is 4.39 Å². The number of aryl methyl sites for hydroxylation is 1. The second-order valence-corrected chi connectivity index (χ2v) is 4.25. The fourth-order valence-corrected chi connectivity index (χ4v) is 1.78. The molecule has 16 heavy (non-hydrogen) atoms. The summed E-state index contributed by atoms with van der Waals surface area (Å²) in [5.74, 6) is 0.833. The molecule has 2 aromatic rings. The highest BCUT2D eigenvalue weighted by molar-refractivity contribution is 5.56. The summed E-state index contributed by atoms with van der Waals surface area (Å²) in [7, 11) is 1.90. The van der Waals surface area contributed by atoms with Crippen molar-refractivity contribution in [2.45, 2.75) is 19.8 Å². The minimum absolute atomic E-state index is 0.157. The molecule has 0 N–H and O–H groups in total. The quantitative estimate of drug-likeness (QED) is 0.755. The largest absolute Gasteiger partial charge is 0.334 e. The van der Waals surface area contributed by atoms with E-state index in [1.807, 2.05) is 43.8 Å². The molecule has 0 unspecified atom stereocenters. The molecule has 0 aliphatic rings. The number of hydrogen-bond donors (Lipinski definition) is 0. The fraction of sp³-hybridized carbons (Fsp3) is 0.308. The van der Waals surface area contributed by atoms with Gasteiger partial charge in [-0.05, 0) is 17.5 Å². The second-order valence-electron chi connectivity index (χ2n) is 4.25. The zero-order valence-corrected chi connectivity index (χ0v) is 9.74. The number of rotatable bonds is 2. The third-order valence-electron chi connectivity index (χ3n) is 2.70. The van der Waals surface area contributed by atoms with E-state index < -0.39 is 0 Å². The third kappa shape index (κ3) is 1.85. The summed E-state index contributed by atoms with van der Waals surface area (Å²) in [5.41, 5.74) is 1.56. The van der Waals surface area contributed by atoms with Crippen LogP contribution in [0.25, 0.3) is 11.4 Å². The van der Waals surface area contributed by atoms with Gasteiger partial charge in [0.2, 0.25) is 0 Å². The van der Waals surface area contributed by atoms with Gasteiger partial charge >= 0.3 is 0 Å². The van der Waals surface area contributed by atoms with Crippen LogP contribution in [0.3, 0.4) is 0 Å². The summed E-state index contributed by atoms with van der Waals surface area (Å²) >= 11 is 0. The number of halogens is 1. The van der Waals surface area contributed by atoms with Crippen molar-refractivity contribution in [1.82, 2.24) is 9.55 Å². The van der Waals surface area contributed by atoms with Gasteiger partial charge in [0.1, 0.15) is 11.6 Å². The zero-order valence-electron chi connectivity index (χ0n) is 9.74. The maximum absolute atomic E-state index is 13.8. The molecule has 0 amide bonds. The van der Waals surface area contributed by atoms with Crippen molar-refractivity contribution in [1.29, 1.82) is 0 Å². The van der Waals surface area contributed by atoms with Crippen molar-refractivity contribution in [2.24, 2.45) is 7.05 Å². The van der Waals surface area contributed by atoms with Gasteiger partial charge in [0.05, 0.1) is 0 Å². The predicted molar refractivity (Wildman–Crippen MR) is 62.7 cm³/mol. The molecule has 1 heterocycles. The average molecular weight is 218 g/mol. The van der Waals surface area contributed by atoms with E-state index in [1.165, 1.54) is 0 Å². The lowest BCUT2D eigenvalue weighted by Crippen LogP contribution is -1.96. The lowest BCUT2D eigenvalue weighted by molar-refractivity contribution is 0.598. The smallest absolute Gasteiger partial charge is 0.139 e. The van der Waals surface area contributed by atoms with Gasteiger partial charge < -0.3 is 4.57 Å². The van der Waals surface area contributed by atoms with E-state index in [-0.39, 0.29) is 11.7 Å². The molecule has 0 spiro atoms. The monoisotopic (exact) mass is 218 g/mol. The van der Waals surface area contributed by atoms with E-state index in [4.69, 9.17) is 0 Å². The van der Waals surface area contributed by atoms with Crippen LogP contribution in [0.2, 0.25) is 0 Å². The van der Waals surface area contributed by atoms with Crippen LogP contribution in [-0.4, -0.2) is 9.55 Å². The van der Waals surface area contributed by atoms with Gasteiger partial charge in [-0.1, -0.05) is 26.0 Å². The maximum atomic E-state index is 13.8. The standard InChI is InChI=1S/C13H15FN2/c1-9(2)11-5-4-10(8-12(11)14)13-15-6-7-16(13)3/h4-9H,1-3H3. The molecule has 2 nitrogen and oxygen atoms in total. The van der Waals surface area contributed by atoms with Gasteiger partial charge in [-0.2, -0.15) is 0 Å². The lowest BCUT2D eigenvalue weighted by atomic mass is 10.0. The normalized spacial score (nSPS) is 11.1. The minimum Gasteiger partial charge on any atom is -0.334 e. The maximum Gasteiger partial charge on any atom is 0.139 e. The lowest BCUT2D eigenvalue weighted by Gasteiger charge is -2.08. The molecule has 0 atom stereocenters. The highest BCUT2D eigenvalue weighted by atomic mass is 19.1. The Labute approximate surface area is 94.8 Å². The number of benzene rings is 1. The number of aromatic nitrogens is 2. The van der Waals surface area contributed by atoms with Crippen LogP contribution in [0, 0.1) is 5.82 Å². The van der Waals surface area contributed by atoms with E-state index in [0.29, 0.717) is 0 Å². The highest BCUT2D eigenvalue weighted by Crippen LogP contribution is 2.24. The molecule has 0 bridgehead atoms. The number of imidazole rings is 1. The SMILES string of the molecule is CC(C)c1ccc(-c2nccn2C)cc1F. The second kappa shape index (κ2) is 4.08. The molecular weight excluding hydrogens is 203 g/mol. The van der Waals surface area contributed by atoms with Crippen LogP contribution >= 0.6 is 0 Å². The average Bonchev–Trinajstić information content (AvgIpc) is 2.63. The zero-order chi connectivity index (χ0) is 11.7. The van der Waals surface area contributed by atoms with Crippen LogP contribution in [-0.2, 0) is 7.05 Å². The summed E-state index contributed by atoms with van der Waals surface area (Å²) in [6.45, 7) is 3.97. The molecule has 2 rings (SSSR count). The highest BCUT2D eigenvalue weighted by Gasteiger charge is 2.10. The summed E-state index contributed by atoms with van der Waals surface area (Å²) in [6, 6.07) is 5.31. The Kier molecular flexibility index (Phi) is 2.77. The van der Waals surface area contributed by atoms with E-state index in [1.54, 1.807) is 12.3 Å². The number of nitrogens with zero attached hydrogens (tertiary/aromatic N) is 2. The fourth-order valence-electron chi connectivity index (χ4n) is 1.78. The summed E-state index contributed by atoms with van der Waals surface area (Å²) in [5, 5.41) is 0. The van der Waals surface area contributed by atoms with E-state index in [2.05, 4.69) is 4.98 Å². The van der Waals surface area contributed by atoms with E-state index in [9.17, 15) is 4.39 Å². The predicted octanol–water partition coefficient (Wildman–Crippen LogP) is 3.35. The van der Waals surface area contributed by atoms with Crippen LogP contribution < -0.4 is 0 Å². The first-order valence-electron chi connectivity index (χ1n) is 5.36. The van der Waals surface area contributed by atoms with Gasteiger partial charge in [-0.25, -0.2) is 9.37 Å². The van der Waals surface area contributed by atoms with Crippen molar-refractivity contribution in [3.8, 4) is 11.4 Å². The first-order chi connectivity index (χ1) is 7.59. The molecule has 1 aromatic carbocycles. The summed E-state index contributed by atoms with van der Waals surface area (Å²) in [6.07, 6.45) is 3.56. The van der Waals surface area contributed by atoms with Crippen LogP contribution in [0.15, 0.2) is 30.6 Å². The van der Waals surface area contributed by atoms with Crippen molar-refractivity contribution in [3.63, 3.8) is 0 Å². The first-order valence-corrected chi connectivity index (χ1v) is 5.36. The van der Waals surface area contributed by atoms with Crippen LogP contribution in [0.4, 0.5) is 4.39 Å².